The van der Waals surface area contributed by atoms with Crippen LogP contribution < -0.4 is 5.32 Å². The van der Waals surface area contributed by atoms with Crippen molar-refractivity contribution in [2.75, 3.05) is 11.9 Å². The Morgan fingerprint density at radius 3 is 2.80 bits per heavy atom. The third-order valence-corrected chi connectivity index (χ3v) is 4.37. The van der Waals surface area contributed by atoms with E-state index in [2.05, 4.69) is 53.5 Å². The molecule has 0 radical (unpaired) electrons. The fourth-order valence-electron chi connectivity index (χ4n) is 2.09. The van der Waals surface area contributed by atoms with Gasteiger partial charge in [0.15, 0.2) is 5.17 Å². The summed E-state index contributed by atoms with van der Waals surface area (Å²) in [5, 5.41) is 9.06. The molecule has 0 fully saturated rings. The maximum absolute atomic E-state index is 4.57. The standard InChI is InChI=1S/C15H18N4S/c1-11(2)19-10-13(8-17-19)18-15-16-9-14(20-15)12-6-4-3-5-7-12/h3-8,10-11,14H,9H2,1-2H3,(H,16,18). The van der Waals surface area contributed by atoms with Crippen LogP contribution in [0.2, 0.25) is 0 Å². The van der Waals surface area contributed by atoms with Crippen LogP contribution in [0.4, 0.5) is 5.69 Å². The lowest BCUT2D eigenvalue weighted by molar-refractivity contribution is 0.532. The first-order valence-corrected chi connectivity index (χ1v) is 7.67. The number of thioether (sulfide) groups is 1. The van der Waals surface area contributed by atoms with Crippen molar-refractivity contribution in [2.24, 2.45) is 4.99 Å². The molecule has 1 atom stereocenters. The van der Waals surface area contributed by atoms with E-state index in [0.717, 1.165) is 17.4 Å². The number of hydrogen-bond donors (Lipinski definition) is 1. The third-order valence-electron chi connectivity index (χ3n) is 3.21. The zero-order chi connectivity index (χ0) is 13.9. The van der Waals surface area contributed by atoms with E-state index in [0.29, 0.717) is 11.3 Å². The van der Waals surface area contributed by atoms with Crippen molar-refractivity contribution in [1.82, 2.24) is 9.78 Å². The first-order valence-electron chi connectivity index (χ1n) is 6.79. The maximum atomic E-state index is 4.57. The monoisotopic (exact) mass is 286 g/mol. The first-order chi connectivity index (χ1) is 9.72. The van der Waals surface area contributed by atoms with Crippen LogP contribution in [0.5, 0.6) is 0 Å². The molecule has 0 spiro atoms. The number of benzene rings is 1. The van der Waals surface area contributed by atoms with E-state index < -0.39 is 0 Å². The average molecular weight is 286 g/mol. The molecule has 0 aliphatic carbocycles. The number of amidine groups is 1. The average Bonchev–Trinajstić information content (AvgIpc) is 3.10. The Bertz CT molecular complexity index is 603. The van der Waals surface area contributed by atoms with Gasteiger partial charge in [0, 0.05) is 12.2 Å². The lowest BCUT2D eigenvalue weighted by atomic mass is 10.1. The summed E-state index contributed by atoms with van der Waals surface area (Å²) in [5.41, 5.74) is 2.33. The van der Waals surface area contributed by atoms with Crippen LogP contribution in [0, 0.1) is 0 Å². The van der Waals surface area contributed by atoms with E-state index in [1.165, 1.54) is 5.56 Å². The molecule has 1 aliphatic heterocycles. The molecule has 0 bridgehead atoms. The van der Waals surface area contributed by atoms with Crippen molar-refractivity contribution < 1.29 is 0 Å². The van der Waals surface area contributed by atoms with Gasteiger partial charge < -0.3 is 5.32 Å². The highest BCUT2D eigenvalue weighted by Crippen LogP contribution is 2.35. The van der Waals surface area contributed by atoms with E-state index in [-0.39, 0.29) is 0 Å². The summed E-state index contributed by atoms with van der Waals surface area (Å²) in [7, 11) is 0. The minimum Gasteiger partial charge on any atom is -0.332 e. The minimum absolute atomic E-state index is 0.376. The highest BCUT2D eigenvalue weighted by Gasteiger charge is 2.21. The first kappa shape index (κ1) is 13.2. The van der Waals surface area contributed by atoms with Crippen LogP contribution in [0.3, 0.4) is 0 Å². The molecule has 4 nitrogen and oxygen atoms in total. The van der Waals surface area contributed by atoms with Crippen molar-refractivity contribution >= 4 is 22.6 Å². The van der Waals surface area contributed by atoms with E-state index in [1.807, 2.05) is 23.1 Å². The fourth-order valence-corrected chi connectivity index (χ4v) is 3.13. The van der Waals surface area contributed by atoms with Crippen LogP contribution in [-0.4, -0.2) is 21.5 Å². The molecule has 5 heteroatoms. The predicted molar refractivity (Wildman–Crippen MR) is 85.3 cm³/mol. The fraction of sp³-hybridized carbons (Fsp3) is 0.333. The quantitative estimate of drug-likeness (QED) is 0.935. The predicted octanol–water partition coefficient (Wildman–Crippen LogP) is 3.72. The van der Waals surface area contributed by atoms with E-state index >= 15 is 0 Å². The molecule has 1 aliphatic rings. The lowest BCUT2D eigenvalue weighted by Crippen LogP contribution is -2.05. The minimum atomic E-state index is 0.376. The van der Waals surface area contributed by atoms with Crippen LogP contribution in [0.1, 0.15) is 30.7 Å². The van der Waals surface area contributed by atoms with E-state index in [4.69, 9.17) is 0 Å². The molecule has 3 rings (SSSR count). The van der Waals surface area contributed by atoms with Crippen LogP contribution in [-0.2, 0) is 0 Å². The summed E-state index contributed by atoms with van der Waals surface area (Å²) >= 11 is 1.78. The highest BCUT2D eigenvalue weighted by molar-refractivity contribution is 8.14. The van der Waals surface area contributed by atoms with Gasteiger partial charge in [-0.2, -0.15) is 5.10 Å². The number of anilines is 1. The maximum Gasteiger partial charge on any atom is 0.161 e. The molecule has 104 valence electrons. The molecular weight excluding hydrogens is 268 g/mol. The molecule has 0 saturated carbocycles. The Balaban J connectivity index is 1.62. The molecule has 1 aromatic heterocycles. The zero-order valence-corrected chi connectivity index (χ0v) is 12.5. The molecular formula is C15H18N4S. The second-order valence-corrected chi connectivity index (χ2v) is 6.28. The summed E-state index contributed by atoms with van der Waals surface area (Å²) in [4.78, 5) is 4.57. The Hall–Kier alpha value is -1.75. The topological polar surface area (TPSA) is 42.2 Å². The van der Waals surface area contributed by atoms with Gasteiger partial charge in [-0.05, 0) is 19.4 Å². The van der Waals surface area contributed by atoms with Gasteiger partial charge in [-0.3, -0.25) is 9.67 Å². The summed E-state index contributed by atoms with van der Waals surface area (Å²) in [6, 6.07) is 10.9. The summed E-state index contributed by atoms with van der Waals surface area (Å²) < 4.78 is 1.94. The van der Waals surface area contributed by atoms with Gasteiger partial charge in [0.2, 0.25) is 0 Å². The van der Waals surface area contributed by atoms with Crippen molar-refractivity contribution in [3.63, 3.8) is 0 Å². The van der Waals surface area contributed by atoms with Crippen LogP contribution >= 0.6 is 11.8 Å². The van der Waals surface area contributed by atoms with Crippen molar-refractivity contribution in [3.05, 3.63) is 48.3 Å². The third kappa shape index (κ3) is 2.88. The zero-order valence-electron chi connectivity index (χ0n) is 11.7. The molecule has 1 N–H and O–H groups in total. The molecule has 0 saturated heterocycles. The van der Waals surface area contributed by atoms with Crippen molar-refractivity contribution in [3.8, 4) is 0 Å². The number of nitrogens with one attached hydrogen (secondary N) is 1. The van der Waals surface area contributed by atoms with Gasteiger partial charge in [0.1, 0.15) is 0 Å². The summed E-state index contributed by atoms with van der Waals surface area (Å²) in [6.07, 6.45) is 3.86. The van der Waals surface area contributed by atoms with Gasteiger partial charge in [-0.1, -0.05) is 42.1 Å². The SMILES string of the molecule is CC(C)n1cc(NC2=NCC(c3ccccc3)S2)cn1. The Labute approximate surface area is 123 Å². The summed E-state index contributed by atoms with van der Waals surface area (Å²) in [5.74, 6) is 0. The normalized spacial score (nSPS) is 18.4. The molecule has 0 amide bonds. The highest BCUT2D eigenvalue weighted by atomic mass is 32.2. The number of nitrogens with zero attached hydrogens (tertiary/aromatic N) is 3. The van der Waals surface area contributed by atoms with Crippen LogP contribution in [0.25, 0.3) is 0 Å². The Morgan fingerprint density at radius 2 is 2.10 bits per heavy atom. The van der Waals surface area contributed by atoms with E-state index in [9.17, 15) is 0 Å². The second kappa shape index (κ2) is 5.71. The second-order valence-electron chi connectivity index (χ2n) is 5.09. The van der Waals surface area contributed by atoms with Crippen molar-refractivity contribution in [2.45, 2.75) is 25.1 Å². The largest absolute Gasteiger partial charge is 0.332 e. The number of hydrogen-bond acceptors (Lipinski definition) is 4. The van der Waals surface area contributed by atoms with Gasteiger partial charge in [0.05, 0.1) is 23.7 Å². The Morgan fingerprint density at radius 1 is 1.30 bits per heavy atom. The molecule has 20 heavy (non-hydrogen) atoms. The van der Waals surface area contributed by atoms with Gasteiger partial charge in [-0.15, -0.1) is 0 Å². The molecule has 1 aromatic carbocycles. The molecule has 1 unspecified atom stereocenters. The summed E-state index contributed by atoms with van der Waals surface area (Å²) in [6.45, 7) is 5.06. The van der Waals surface area contributed by atoms with E-state index in [1.54, 1.807) is 11.8 Å². The van der Waals surface area contributed by atoms with Gasteiger partial charge >= 0.3 is 0 Å². The number of aliphatic imine (C=N–C) groups is 1. The Kier molecular flexibility index (Phi) is 3.78. The number of aromatic nitrogens is 2. The van der Waals surface area contributed by atoms with Gasteiger partial charge in [0.25, 0.3) is 0 Å². The lowest BCUT2D eigenvalue weighted by Gasteiger charge is -2.08. The van der Waals surface area contributed by atoms with Crippen molar-refractivity contribution in [1.29, 1.82) is 0 Å². The van der Waals surface area contributed by atoms with Crippen LogP contribution in [0.15, 0.2) is 47.7 Å². The smallest absolute Gasteiger partial charge is 0.161 e. The number of rotatable bonds is 3. The molecule has 2 heterocycles. The molecule has 2 aromatic rings. The van der Waals surface area contributed by atoms with Gasteiger partial charge in [-0.25, -0.2) is 0 Å².